The Balaban J connectivity index is 1.93. The van der Waals surface area contributed by atoms with Crippen LogP contribution in [0.2, 0.25) is 0 Å². The van der Waals surface area contributed by atoms with E-state index in [1.165, 1.54) is 13.0 Å². The Bertz CT molecular complexity index is 565. The van der Waals surface area contributed by atoms with Crippen molar-refractivity contribution in [2.75, 3.05) is 0 Å². The number of esters is 1. The predicted octanol–water partition coefficient (Wildman–Crippen LogP) is 3.83. The Kier molecular flexibility index (Phi) is 5.85. The first-order valence-corrected chi connectivity index (χ1v) is 8.04. The van der Waals surface area contributed by atoms with E-state index < -0.39 is 30.1 Å². The molecule has 0 heterocycles. The Morgan fingerprint density at radius 2 is 1.91 bits per heavy atom. The van der Waals surface area contributed by atoms with Crippen molar-refractivity contribution in [2.24, 2.45) is 11.8 Å². The monoisotopic (exact) mass is 324 g/mol. The zero-order chi connectivity index (χ0) is 17.0. The number of hydrogen-bond acceptors (Lipinski definition) is 3. The first-order chi connectivity index (χ1) is 10.9. The SMILES string of the molecule is CC1CCCC(C(=O)C(C)OC(=O)Cc2c(F)cccc2F)C1. The topological polar surface area (TPSA) is 43.4 Å². The second-order valence-corrected chi connectivity index (χ2v) is 6.38. The minimum atomic E-state index is -0.882. The maximum absolute atomic E-state index is 13.5. The molecule has 126 valence electrons. The highest BCUT2D eigenvalue weighted by atomic mass is 19.1. The van der Waals surface area contributed by atoms with Crippen LogP contribution in [-0.4, -0.2) is 17.9 Å². The molecule has 0 N–H and O–H groups in total. The molecule has 1 aromatic carbocycles. The van der Waals surface area contributed by atoms with Crippen molar-refractivity contribution < 1.29 is 23.1 Å². The van der Waals surface area contributed by atoms with Crippen LogP contribution in [0.4, 0.5) is 8.78 Å². The van der Waals surface area contributed by atoms with E-state index in [9.17, 15) is 18.4 Å². The van der Waals surface area contributed by atoms with E-state index in [0.29, 0.717) is 5.92 Å². The standard InChI is InChI=1S/C18H22F2O3/c1-11-5-3-6-13(9-11)18(22)12(2)23-17(21)10-14-15(19)7-4-8-16(14)20/h4,7-8,11-13H,3,5-6,9-10H2,1-2H3. The van der Waals surface area contributed by atoms with Gasteiger partial charge in [-0.3, -0.25) is 9.59 Å². The number of ether oxygens (including phenoxy) is 1. The summed E-state index contributed by atoms with van der Waals surface area (Å²) in [4.78, 5) is 24.2. The van der Waals surface area contributed by atoms with Crippen LogP contribution in [0.5, 0.6) is 0 Å². The summed E-state index contributed by atoms with van der Waals surface area (Å²) in [5.74, 6) is -2.07. The van der Waals surface area contributed by atoms with Gasteiger partial charge in [0.25, 0.3) is 0 Å². The molecule has 0 radical (unpaired) electrons. The summed E-state index contributed by atoms with van der Waals surface area (Å²) in [6.45, 7) is 3.63. The van der Waals surface area contributed by atoms with Gasteiger partial charge >= 0.3 is 5.97 Å². The number of rotatable bonds is 5. The van der Waals surface area contributed by atoms with Gasteiger partial charge in [-0.05, 0) is 37.8 Å². The fourth-order valence-corrected chi connectivity index (χ4v) is 3.17. The summed E-state index contributed by atoms with van der Waals surface area (Å²) < 4.78 is 32.1. The Morgan fingerprint density at radius 3 is 2.52 bits per heavy atom. The van der Waals surface area contributed by atoms with Gasteiger partial charge in [0.1, 0.15) is 11.6 Å². The minimum Gasteiger partial charge on any atom is -0.454 e. The predicted molar refractivity (Wildman–Crippen MR) is 81.7 cm³/mol. The van der Waals surface area contributed by atoms with Gasteiger partial charge in [-0.15, -0.1) is 0 Å². The number of halogens is 2. The van der Waals surface area contributed by atoms with Crippen molar-refractivity contribution in [1.82, 2.24) is 0 Å². The van der Waals surface area contributed by atoms with Crippen LogP contribution in [0.15, 0.2) is 18.2 Å². The number of benzene rings is 1. The molecule has 1 aliphatic rings. The van der Waals surface area contributed by atoms with Crippen molar-refractivity contribution in [2.45, 2.75) is 52.1 Å². The molecule has 5 heteroatoms. The summed E-state index contributed by atoms with van der Waals surface area (Å²) in [7, 11) is 0. The highest BCUT2D eigenvalue weighted by molar-refractivity contribution is 5.87. The zero-order valence-electron chi connectivity index (χ0n) is 13.5. The van der Waals surface area contributed by atoms with E-state index in [-0.39, 0.29) is 17.3 Å². The summed E-state index contributed by atoms with van der Waals surface area (Å²) in [6.07, 6.45) is 2.34. The molecular formula is C18H22F2O3. The minimum absolute atomic E-state index is 0.0910. The lowest BCUT2D eigenvalue weighted by atomic mass is 9.79. The highest BCUT2D eigenvalue weighted by Gasteiger charge is 2.30. The molecule has 1 aliphatic carbocycles. The molecule has 0 spiro atoms. The fourth-order valence-electron chi connectivity index (χ4n) is 3.17. The van der Waals surface area contributed by atoms with Crippen LogP contribution in [0, 0.1) is 23.5 Å². The van der Waals surface area contributed by atoms with Gasteiger partial charge in [0.05, 0.1) is 6.42 Å². The second kappa shape index (κ2) is 7.66. The van der Waals surface area contributed by atoms with Crippen molar-refractivity contribution >= 4 is 11.8 Å². The average Bonchev–Trinajstić information content (AvgIpc) is 2.50. The van der Waals surface area contributed by atoms with Crippen molar-refractivity contribution in [1.29, 1.82) is 0 Å². The molecule has 0 aliphatic heterocycles. The van der Waals surface area contributed by atoms with Crippen LogP contribution in [0.3, 0.4) is 0 Å². The van der Waals surface area contributed by atoms with Gasteiger partial charge < -0.3 is 4.74 Å². The highest BCUT2D eigenvalue weighted by Crippen LogP contribution is 2.30. The smallest absolute Gasteiger partial charge is 0.311 e. The molecule has 0 aromatic heterocycles. The van der Waals surface area contributed by atoms with Gasteiger partial charge in [-0.1, -0.05) is 25.8 Å². The van der Waals surface area contributed by atoms with Gasteiger partial charge in [0, 0.05) is 11.5 Å². The van der Waals surface area contributed by atoms with E-state index in [2.05, 4.69) is 6.92 Å². The van der Waals surface area contributed by atoms with Gasteiger partial charge in [-0.2, -0.15) is 0 Å². The van der Waals surface area contributed by atoms with Crippen LogP contribution >= 0.6 is 0 Å². The lowest BCUT2D eigenvalue weighted by Crippen LogP contribution is -2.33. The van der Waals surface area contributed by atoms with Crippen LogP contribution in [0.25, 0.3) is 0 Å². The van der Waals surface area contributed by atoms with Crippen molar-refractivity contribution in [3.05, 3.63) is 35.4 Å². The first-order valence-electron chi connectivity index (χ1n) is 8.04. The fraction of sp³-hybridized carbons (Fsp3) is 0.556. The number of carbonyl (C=O) groups excluding carboxylic acids is 2. The van der Waals surface area contributed by atoms with E-state index in [4.69, 9.17) is 4.74 Å². The summed E-state index contributed by atoms with van der Waals surface area (Å²) in [5, 5.41) is 0. The number of ketones is 1. The molecular weight excluding hydrogens is 302 g/mol. The van der Waals surface area contributed by atoms with E-state index in [0.717, 1.165) is 37.8 Å². The van der Waals surface area contributed by atoms with Gasteiger partial charge in [0.15, 0.2) is 11.9 Å². The molecule has 1 saturated carbocycles. The summed E-state index contributed by atoms with van der Waals surface area (Å²) in [6, 6.07) is 3.41. The van der Waals surface area contributed by atoms with Crippen LogP contribution < -0.4 is 0 Å². The number of hydrogen-bond donors (Lipinski definition) is 0. The summed E-state index contributed by atoms with van der Waals surface area (Å²) >= 11 is 0. The lowest BCUT2D eigenvalue weighted by molar-refractivity contribution is -0.155. The Hall–Kier alpha value is -1.78. The third-order valence-corrected chi connectivity index (χ3v) is 4.43. The van der Waals surface area contributed by atoms with E-state index >= 15 is 0 Å². The van der Waals surface area contributed by atoms with E-state index in [1.54, 1.807) is 0 Å². The molecule has 1 aromatic rings. The van der Waals surface area contributed by atoms with Gasteiger partial charge in [-0.25, -0.2) is 8.78 Å². The third kappa shape index (κ3) is 4.60. The van der Waals surface area contributed by atoms with Crippen LogP contribution in [-0.2, 0) is 20.7 Å². The number of carbonyl (C=O) groups is 2. The molecule has 1 fully saturated rings. The lowest BCUT2D eigenvalue weighted by Gasteiger charge is -2.27. The Morgan fingerprint density at radius 1 is 1.26 bits per heavy atom. The molecule has 3 nitrogen and oxygen atoms in total. The molecule has 23 heavy (non-hydrogen) atoms. The normalized spacial score (nSPS) is 22.4. The Labute approximate surface area is 135 Å². The van der Waals surface area contributed by atoms with E-state index in [1.807, 2.05) is 0 Å². The first kappa shape index (κ1) is 17.6. The molecule has 0 saturated heterocycles. The number of Topliss-reactive ketones (excluding diaryl/α,β-unsaturated/α-hetero) is 1. The maximum atomic E-state index is 13.5. The molecule has 0 amide bonds. The largest absolute Gasteiger partial charge is 0.454 e. The molecule has 2 rings (SSSR count). The van der Waals surface area contributed by atoms with Crippen molar-refractivity contribution in [3.63, 3.8) is 0 Å². The molecule has 3 unspecified atom stereocenters. The van der Waals surface area contributed by atoms with Gasteiger partial charge in [0.2, 0.25) is 0 Å². The molecule has 0 bridgehead atoms. The van der Waals surface area contributed by atoms with Crippen molar-refractivity contribution in [3.8, 4) is 0 Å². The second-order valence-electron chi connectivity index (χ2n) is 6.38. The average molecular weight is 324 g/mol. The summed E-state index contributed by atoms with van der Waals surface area (Å²) in [5.41, 5.74) is -0.330. The molecule has 3 atom stereocenters. The van der Waals surface area contributed by atoms with Crippen LogP contribution in [0.1, 0.15) is 45.1 Å². The maximum Gasteiger partial charge on any atom is 0.311 e. The third-order valence-electron chi connectivity index (χ3n) is 4.43. The quantitative estimate of drug-likeness (QED) is 0.773. The zero-order valence-corrected chi connectivity index (χ0v) is 13.5.